The van der Waals surface area contributed by atoms with E-state index in [1.54, 1.807) is 4.90 Å². The summed E-state index contributed by atoms with van der Waals surface area (Å²) in [6.45, 7) is 14.0. The van der Waals surface area contributed by atoms with Gasteiger partial charge in [0.05, 0.1) is 25.4 Å². The Labute approximate surface area is 156 Å². The average molecular weight is 361 g/mol. The molecule has 26 heavy (non-hydrogen) atoms. The summed E-state index contributed by atoms with van der Waals surface area (Å²) in [5.41, 5.74) is -0.231. The molecule has 5 heteroatoms. The van der Waals surface area contributed by atoms with Crippen molar-refractivity contribution in [3.05, 3.63) is 48.6 Å². The van der Waals surface area contributed by atoms with E-state index in [1.807, 2.05) is 71.0 Å². The lowest BCUT2D eigenvalue weighted by Crippen LogP contribution is -2.53. The summed E-state index contributed by atoms with van der Waals surface area (Å²) in [7, 11) is 0. The van der Waals surface area contributed by atoms with Gasteiger partial charge < -0.3 is 14.2 Å². The van der Waals surface area contributed by atoms with Gasteiger partial charge in [0.15, 0.2) is 0 Å². The number of hydrogen-bond donors (Lipinski definition) is 0. The maximum atomic E-state index is 12.8. The fraction of sp³-hybridized carbons (Fsp3) is 0.571. The third kappa shape index (κ3) is 5.32. The first-order chi connectivity index (χ1) is 12.1. The molecule has 0 bridgehead atoms. The Kier molecular flexibility index (Phi) is 6.48. The van der Waals surface area contributed by atoms with Crippen molar-refractivity contribution in [2.24, 2.45) is 0 Å². The Hall–Kier alpha value is -1.85. The van der Waals surface area contributed by atoms with Crippen LogP contribution in [-0.4, -0.2) is 41.1 Å². The second kappa shape index (κ2) is 8.23. The predicted molar refractivity (Wildman–Crippen MR) is 102 cm³/mol. The van der Waals surface area contributed by atoms with E-state index in [0.29, 0.717) is 19.6 Å². The molecule has 0 aromatic heterocycles. The Bertz CT molecular complexity index is 606. The molecule has 1 aliphatic rings. The standard InChI is InChI=1S/C21H31NO4/c1-7-11-18(24-14-16-12-9-8-10-13-16)17-15-25-21(5,6)22(17)19(23)26-20(2,3)4/h7-10,12-13,17-18H,1,11,14-15H2,2-6H3/t17-,18+/m1/s1. The van der Waals surface area contributed by atoms with Gasteiger partial charge in [-0.05, 0) is 46.6 Å². The summed E-state index contributed by atoms with van der Waals surface area (Å²) in [4.78, 5) is 14.5. The van der Waals surface area contributed by atoms with Gasteiger partial charge in [0, 0.05) is 0 Å². The highest BCUT2D eigenvalue weighted by molar-refractivity contribution is 5.70. The topological polar surface area (TPSA) is 48.0 Å². The molecule has 144 valence electrons. The summed E-state index contributed by atoms with van der Waals surface area (Å²) in [6, 6.07) is 9.74. The molecule has 1 saturated heterocycles. The first-order valence-corrected chi connectivity index (χ1v) is 9.07. The van der Waals surface area contributed by atoms with Gasteiger partial charge in [-0.1, -0.05) is 36.4 Å². The van der Waals surface area contributed by atoms with E-state index in [0.717, 1.165) is 5.56 Å². The Balaban J connectivity index is 2.16. The number of carbonyl (C=O) groups excluding carboxylic acids is 1. The van der Waals surface area contributed by atoms with Crippen molar-refractivity contribution < 1.29 is 19.0 Å². The van der Waals surface area contributed by atoms with E-state index >= 15 is 0 Å². The minimum atomic E-state index is -0.747. The molecule has 1 fully saturated rings. The molecule has 0 radical (unpaired) electrons. The van der Waals surface area contributed by atoms with Crippen LogP contribution in [0.25, 0.3) is 0 Å². The summed E-state index contributed by atoms with van der Waals surface area (Å²) >= 11 is 0. The monoisotopic (exact) mass is 361 g/mol. The lowest BCUT2D eigenvalue weighted by molar-refractivity contribution is -0.0735. The van der Waals surface area contributed by atoms with E-state index in [2.05, 4.69) is 6.58 Å². The lowest BCUT2D eigenvalue weighted by Gasteiger charge is -2.37. The molecule has 0 saturated carbocycles. The van der Waals surface area contributed by atoms with Gasteiger partial charge in [0.1, 0.15) is 11.3 Å². The second-order valence-electron chi connectivity index (χ2n) is 8.03. The Morgan fingerprint density at radius 3 is 2.62 bits per heavy atom. The van der Waals surface area contributed by atoms with E-state index < -0.39 is 11.3 Å². The van der Waals surface area contributed by atoms with Crippen LogP contribution in [0.1, 0.15) is 46.6 Å². The van der Waals surface area contributed by atoms with Crippen LogP contribution in [0.5, 0.6) is 0 Å². The zero-order valence-electron chi connectivity index (χ0n) is 16.5. The molecule has 1 amide bonds. The van der Waals surface area contributed by atoms with Gasteiger partial charge in [-0.15, -0.1) is 6.58 Å². The highest BCUT2D eigenvalue weighted by atomic mass is 16.6. The minimum Gasteiger partial charge on any atom is -0.444 e. The predicted octanol–water partition coefficient (Wildman–Crippen LogP) is 4.52. The van der Waals surface area contributed by atoms with Crippen molar-refractivity contribution in [1.82, 2.24) is 4.90 Å². The molecule has 0 unspecified atom stereocenters. The Morgan fingerprint density at radius 2 is 2.04 bits per heavy atom. The third-order valence-corrected chi connectivity index (χ3v) is 4.24. The molecule has 5 nitrogen and oxygen atoms in total. The maximum absolute atomic E-state index is 12.8. The molecule has 2 rings (SSSR count). The van der Waals surface area contributed by atoms with Crippen molar-refractivity contribution in [1.29, 1.82) is 0 Å². The van der Waals surface area contributed by atoms with E-state index in [1.165, 1.54) is 0 Å². The summed E-state index contributed by atoms with van der Waals surface area (Å²) in [6.07, 6.45) is 1.83. The van der Waals surface area contributed by atoms with Crippen molar-refractivity contribution in [2.45, 2.75) is 71.1 Å². The quantitative estimate of drug-likeness (QED) is 0.699. The van der Waals surface area contributed by atoms with Gasteiger partial charge in [-0.3, -0.25) is 4.90 Å². The average Bonchev–Trinajstić information content (AvgIpc) is 2.86. The normalized spacial score (nSPS) is 20.7. The van der Waals surface area contributed by atoms with Gasteiger partial charge in [-0.25, -0.2) is 4.79 Å². The van der Waals surface area contributed by atoms with Crippen molar-refractivity contribution in [3.8, 4) is 0 Å². The van der Waals surface area contributed by atoms with E-state index in [9.17, 15) is 4.79 Å². The number of rotatable bonds is 6. The molecule has 1 heterocycles. The Morgan fingerprint density at radius 1 is 1.38 bits per heavy atom. The molecule has 1 aromatic rings. The lowest BCUT2D eigenvalue weighted by atomic mass is 10.1. The summed E-state index contributed by atoms with van der Waals surface area (Å²) in [5.74, 6) is 0. The van der Waals surface area contributed by atoms with Gasteiger partial charge >= 0.3 is 6.09 Å². The number of carbonyl (C=O) groups is 1. The smallest absolute Gasteiger partial charge is 0.412 e. The van der Waals surface area contributed by atoms with Crippen LogP contribution < -0.4 is 0 Å². The fourth-order valence-corrected chi connectivity index (χ4v) is 3.05. The van der Waals surface area contributed by atoms with Gasteiger partial charge in [0.2, 0.25) is 0 Å². The number of hydrogen-bond acceptors (Lipinski definition) is 4. The number of nitrogens with zero attached hydrogens (tertiary/aromatic N) is 1. The van der Waals surface area contributed by atoms with Crippen LogP contribution in [0.2, 0.25) is 0 Å². The van der Waals surface area contributed by atoms with Gasteiger partial charge in [-0.2, -0.15) is 0 Å². The first kappa shape index (κ1) is 20.5. The van der Waals surface area contributed by atoms with Crippen LogP contribution in [0.4, 0.5) is 4.79 Å². The molecule has 1 aromatic carbocycles. The molecule has 0 spiro atoms. The van der Waals surface area contributed by atoms with Crippen LogP contribution in [0.15, 0.2) is 43.0 Å². The number of ether oxygens (including phenoxy) is 3. The SMILES string of the molecule is C=CC[C@H](OCc1ccccc1)[C@H]1COC(C)(C)N1C(=O)OC(C)(C)C. The molecule has 2 atom stereocenters. The van der Waals surface area contributed by atoms with Crippen molar-refractivity contribution in [3.63, 3.8) is 0 Å². The first-order valence-electron chi connectivity index (χ1n) is 9.07. The molecule has 0 N–H and O–H groups in total. The zero-order chi connectivity index (χ0) is 19.4. The molecular formula is C21H31NO4. The van der Waals surface area contributed by atoms with Crippen LogP contribution in [0, 0.1) is 0 Å². The maximum Gasteiger partial charge on any atom is 0.412 e. The fourth-order valence-electron chi connectivity index (χ4n) is 3.05. The highest BCUT2D eigenvalue weighted by Crippen LogP contribution is 2.33. The molecule has 0 aliphatic carbocycles. The van der Waals surface area contributed by atoms with Crippen LogP contribution >= 0.6 is 0 Å². The van der Waals surface area contributed by atoms with Gasteiger partial charge in [0.25, 0.3) is 0 Å². The third-order valence-electron chi connectivity index (χ3n) is 4.24. The second-order valence-corrected chi connectivity index (χ2v) is 8.03. The summed E-state index contributed by atoms with van der Waals surface area (Å²) in [5, 5.41) is 0. The summed E-state index contributed by atoms with van der Waals surface area (Å²) < 4.78 is 17.7. The zero-order valence-corrected chi connectivity index (χ0v) is 16.5. The highest BCUT2D eigenvalue weighted by Gasteiger charge is 2.48. The molecular weight excluding hydrogens is 330 g/mol. The largest absolute Gasteiger partial charge is 0.444 e. The minimum absolute atomic E-state index is 0.220. The number of amides is 1. The molecule has 1 aliphatic heterocycles. The van der Waals surface area contributed by atoms with Crippen LogP contribution in [-0.2, 0) is 20.8 Å². The van der Waals surface area contributed by atoms with Crippen LogP contribution in [0.3, 0.4) is 0 Å². The van der Waals surface area contributed by atoms with Crippen molar-refractivity contribution in [2.75, 3.05) is 6.61 Å². The number of benzene rings is 1. The van der Waals surface area contributed by atoms with Crippen molar-refractivity contribution >= 4 is 6.09 Å². The van der Waals surface area contributed by atoms with E-state index in [4.69, 9.17) is 14.2 Å². The van der Waals surface area contributed by atoms with E-state index in [-0.39, 0.29) is 18.2 Å².